The van der Waals surface area contributed by atoms with E-state index in [-0.39, 0.29) is 22.2 Å². The number of benzene rings is 2. The van der Waals surface area contributed by atoms with Crippen LogP contribution < -0.4 is 9.62 Å². The van der Waals surface area contributed by atoms with Gasteiger partial charge < -0.3 is 10.2 Å². The van der Waals surface area contributed by atoms with E-state index in [2.05, 4.69) is 5.32 Å². The van der Waals surface area contributed by atoms with Crippen LogP contribution in [0.1, 0.15) is 0 Å². The van der Waals surface area contributed by atoms with Crippen molar-refractivity contribution in [3.8, 4) is 0 Å². The number of amides is 1. The number of carbonyl (C=O) groups excluding carboxylic acids is 1. The van der Waals surface area contributed by atoms with E-state index in [0.29, 0.717) is 13.1 Å². The van der Waals surface area contributed by atoms with Gasteiger partial charge in [0.1, 0.15) is 6.54 Å². The minimum absolute atomic E-state index is 0.0982. The summed E-state index contributed by atoms with van der Waals surface area (Å²) in [5.74, 6) is -0.397. The fourth-order valence-electron chi connectivity index (χ4n) is 2.28. The highest BCUT2D eigenvalue weighted by molar-refractivity contribution is 7.92. The maximum absolute atomic E-state index is 13.1. The third kappa shape index (κ3) is 5.20. The average Bonchev–Trinajstić information content (AvgIpc) is 2.61. The van der Waals surface area contributed by atoms with Crippen LogP contribution in [0.3, 0.4) is 0 Å². The standard InChI is InChI=1S/C18H22ClN3O3S/c1-21(2)13-12-20-18(23)14-22(17-11-7-6-10-16(17)19)26(24,25)15-8-4-3-5-9-15/h3-11H,12-14H2,1-2H3,(H,20,23). The van der Waals surface area contributed by atoms with Crippen molar-refractivity contribution in [3.63, 3.8) is 0 Å². The highest BCUT2D eigenvalue weighted by atomic mass is 35.5. The van der Waals surface area contributed by atoms with Gasteiger partial charge in [-0.15, -0.1) is 0 Å². The zero-order chi connectivity index (χ0) is 19.2. The van der Waals surface area contributed by atoms with Crippen LogP contribution in [0.2, 0.25) is 5.02 Å². The van der Waals surface area contributed by atoms with Gasteiger partial charge in [0.15, 0.2) is 0 Å². The van der Waals surface area contributed by atoms with Gasteiger partial charge in [0.25, 0.3) is 10.0 Å². The van der Waals surface area contributed by atoms with E-state index in [0.717, 1.165) is 4.31 Å². The van der Waals surface area contributed by atoms with E-state index in [1.54, 1.807) is 42.5 Å². The molecule has 8 heteroatoms. The maximum Gasteiger partial charge on any atom is 0.264 e. The Hall–Kier alpha value is -2.09. The van der Waals surface area contributed by atoms with Gasteiger partial charge in [-0.25, -0.2) is 8.42 Å². The Balaban J connectivity index is 2.32. The maximum atomic E-state index is 13.1. The molecule has 0 saturated heterocycles. The van der Waals surface area contributed by atoms with E-state index in [1.807, 2.05) is 19.0 Å². The molecule has 26 heavy (non-hydrogen) atoms. The summed E-state index contributed by atoms with van der Waals surface area (Å²) < 4.78 is 27.2. The Kier molecular flexibility index (Phi) is 7.02. The smallest absolute Gasteiger partial charge is 0.264 e. The first-order valence-corrected chi connectivity index (χ1v) is 9.88. The summed E-state index contributed by atoms with van der Waals surface area (Å²) in [6.07, 6.45) is 0. The normalized spacial score (nSPS) is 11.4. The van der Waals surface area contributed by atoms with Crippen molar-refractivity contribution in [1.29, 1.82) is 0 Å². The van der Waals surface area contributed by atoms with Crippen molar-refractivity contribution in [1.82, 2.24) is 10.2 Å². The van der Waals surface area contributed by atoms with Crippen LogP contribution in [-0.2, 0) is 14.8 Å². The van der Waals surface area contributed by atoms with Crippen LogP contribution in [0, 0.1) is 0 Å². The second-order valence-corrected chi connectivity index (χ2v) is 8.20. The van der Waals surface area contributed by atoms with E-state index in [4.69, 9.17) is 11.6 Å². The fourth-order valence-corrected chi connectivity index (χ4v) is 4.03. The zero-order valence-corrected chi connectivity index (χ0v) is 16.3. The van der Waals surface area contributed by atoms with Gasteiger partial charge >= 0.3 is 0 Å². The molecule has 0 unspecified atom stereocenters. The van der Waals surface area contributed by atoms with E-state index < -0.39 is 15.9 Å². The number of nitrogens with zero attached hydrogens (tertiary/aromatic N) is 2. The molecule has 2 aromatic rings. The number of anilines is 1. The molecule has 1 amide bonds. The van der Waals surface area contributed by atoms with Gasteiger partial charge in [-0.1, -0.05) is 41.9 Å². The van der Waals surface area contributed by atoms with Gasteiger partial charge in [-0.2, -0.15) is 0 Å². The Labute approximate surface area is 159 Å². The van der Waals surface area contributed by atoms with E-state index in [9.17, 15) is 13.2 Å². The molecule has 140 valence electrons. The Morgan fingerprint density at radius 1 is 1.04 bits per heavy atom. The summed E-state index contributed by atoms with van der Waals surface area (Å²) in [6.45, 7) is 0.727. The lowest BCUT2D eigenvalue weighted by Gasteiger charge is -2.25. The Morgan fingerprint density at radius 2 is 1.65 bits per heavy atom. The SMILES string of the molecule is CN(C)CCNC(=O)CN(c1ccccc1Cl)S(=O)(=O)c1ccccc1. The Morgan fingerprint density at radius 3 is 2.27 bits per heavy atom. The summed E-state index contributed by atoms with van der Waals surface area (Å²) >= 11 is 6.20. The molecule has 6 nitrogen and oxygen atoms in total. The second-order valence-electron chi connectivity index (χ2n) is 5.93. The highest BCUT2D eigenvalue weighted by Gasteiger charge is 2.28. The molecule has 0 aliphatic heterocycles. The van der Waals surface area contributed by atoms with Gasteiger partial charge in [-0.05, 0) is 38.4 Å². The molecule has 2 rings (SSSR count). The quantitative estimate of drug-likeness (QED) is 0.744. The average molecular weight is 396 g/mol. The third-order valence-electron chi connectivity index (χ3n) is 3.62. The van der Waals surface area contributed by atoms with E-state index >= 15 is 0 Å². The van der Waals surface area contributed by atoms with Gasteiger partial charge in [0.05, 0.1) is 15.6 Å². The summed E-state index contributed by atoms with van der Waals surface area (Å²) in [7, 11) is -0.154. The first-order valence-electron chi connectivity index (χ1n) is 8.06. The van der Waals surface area contributed by atoms with Crippen molar-refractivity contribution in [2.45, 2.75) is 4.90 Å². The number of likely N-dealkylation sites (N-methyl/N-ethyl adjacent to an activating group) is 1. The number of hydrogen-bond donors (Lipinski definition) is 1. The number of halogens is 1. The first-order chi connectivity index (χ1) is 12.3. The molecule has 2 aromatic carbocycles. The Bertz CT molecular complexity index is 842. The van der Waals surface area contributed by atoms with E-state index in [1.165, 1.54) is 12.1 Å². The molecule has 0 aliphatic rings. The topological polar surface area (TPSA) is 69.7 Å². The number of hydrogen-bond acceptors (Lipinski definition) is 4. The first kappa shape index (κ1) is 20.2. The van der Waals surface area contributed by atoms with Crippen molar-refractivity contribution >= 4 is 33.2 Å². The van der Waals surface area contributed by atoms with Crippen LogP contribution in [0.5, 0.6) is 0 Å². The second kappa shape index (κ2) is 9.02. The molecule has 0 aliphatic carbocycles. The molecule has 0 radical (unpaired) electrons. The molecule has 1 N–H and O–H groups in total. The molecule has 0 aromatic heterocycles. The number of rotatable bonds is 8. The minimum Gasteiger partial charge on any atom is -0.353 e. The molecule has 0 saturated carbocycles. The fraction of sp³-hybridized carbons (Fsp3) is 0.278. The van der Waals surface area contributed by atoms with Crippen molar-refractivity contribution in [2.24, 2.45) is 0 Å². The van der Waals surface area contributed by atoms with Crippen LogP contribution in [0.25, 0.3) is 0 Å². The largest absolute Gasteiger partial charge is 0.353 e. The predicted molar refractivity (Wildman–Crippen MR) is 104 cm³/mol. The predicted octanol–water partition coefficient (Wildman–Crippen LogP) is 2.21. The summed E-state index contributed by atoms with van der Waals surface area (Å²) in [5.41, 5.74) is 0.265. The molecule has 0 spiro atoms. The summed E-state index contributed by atoms with van der Waals surface area (Å²) in [5, 5.41) is 2.98. The molecular formula is C18H22ClN3O3S. The minimum atomic E-state index is -3.94. The van der Waals surface area contributed by atoms with Crippen LogP contribution in [-0.4, -0.2) is 53.0 Å². The number of sulfonamides is 1. The van der Waals surface area contributed by atoms with Crippen LogP contribution in [0.4, 0.5) is 5.69 Å². The summed E-state index contributed by atoms with van der Waals surface area (Å²) in [4.78, 5) is 14.3. The van der Waals surface area contributed by atoms with Crippen LogP contribution in [0.15, 0.2) is 59.5 Å². The van der Waals surface area contributed by atoms with Crippen LogP contribution >= 0.6 is 11.6 Å². The van der Waals surface area contributed by atoms with Crippen molar-refractivity contribution < 1.29 is 13.2 Å². The highest BCUT2D eigenvalue weighted by Crippen LogP contribution is 2.30. The lowest BCUT2D eigenvalue weighted by atomic mass is 10.3. The summed E-state index contributed by atoms with van der Waals surface area (Å²) in [6, 6.07) is 14.5. The number of para-hydroxylation sites is 1. The molecule has 0 heterocycles. The van der Waals surface area contributed by atoms with Gasteiger partial charge in [-0.3, -0.25) is 9.10 Å². The monoisotopic (exact) mass is 395 g/mol. The number of nitrogens with one attached hydrogen (secondary N) is 1. The van der Waals surface area contributed by atoms with Gasteiger partial charge in [0.2, 0.25) is 5.91 Å². The van der Waals surface area contributed by atoms with Gasteiger partial charge in [0, 0.05) is 13.1 Å². The lowest BCUT2D eigenvalue weighted by Crippen LogP contribution is -2.42. The number of carbonyl (C=O) groups is 1. The lowest BCUT2D eigenvalue weighted by molar-refractivity contribution is -0.119. The van der Waals surface area contributed by atoms with Crippen molar-refractivity contribution in [3.05, 3.63) is 59.6 Å². The molecule has 0 bridgehead atoms. The third-order valence-corrected chi connectivity index (χ3v) is 5.71. The molecule has 0 atom stereocenters. The zero-order valence-electron chi connectivity index (χ0n) is 14.7. The molecular weight excluding hydrogens is 374 g/mol. The molecule has 0 fully saturated rings. The van der Waals surface area contributed by atoms with Crippen molar-refractivity contribution in [2.75, 3.05) is 38.0 Å².